The Kier molecular flexibility index (Phi) is 8.29. The zero-order valence-electron chi connectivity index (χ0n) is 20.2. The summed E-state index contributed by atoms with van der Waals surface area (Å²) < 4.78 is 30.4. The number of methoxy groups -OCH3 is 2. The zero-order valence-corrected chi connectivity index (χ0v) is 21.1. The number of nitrogens with one attached hydrogen (secondary N) is 1. The Bertz CT molecular complexity index is 1310. The van der Waals surface area contributed by atoms with Gasteiger partial charge in [-0.05, 0) is 43.2 Å². The predicted molar refractivity (Wildman–Crippen MR) is 138 cm³/mol. The van der Waals surface area contributed by atoms with Crippen LogP contribution in [0.2, 0.25) is 0 Å². The summed E-state index contributed by atoms with van der Waals surface area (Å²) in [7, 11) is 3.22. The molecule has 0 radical (unpaired) electrons. The first-order valence-electron chi connectivity index (χ1n) is 11.4. The molecule has 0 bridgehead atoms. The zero-order chi connectivity index (χ0) is 25.5. The van der Waals surface area contributed by atoms with Gasteiger partial charge in [-0.15, -0.1) is 11.3 Å². The molecule has 8 nitrogen and oxygen atoms in total. The van der Waals surface area contributed by atoms with Crippen molar-refractivity contribution in [1.82, 2.24) is 15.0 Å². The first kappa shape index (κ1) is 25.3. The number of aromatic nitrogens is 3. The Morgan fingerprint density at radius 2 is 1.81 bits per heavy atom. The summed E-state index contributed by atoms with van der Waals surface area (Å²) >= 11 is 1.58. The van der Waals surface area contributed by atoms with Gasteiger partial charge in [0.2, 0.25) is 5.95 Å². The number of nitrogens with zero attached hydrogens (tertiary/aromatic N) is 3. The lowest BCUT2D eigenvalue weighted by Crippen LogP contribution is -2.04. The van der Waals surface area contributed by atoms with Crippen molar-refractivity contribution in [2.45, 2.75) is 19.8 Å². The Labute approximate surface area is 212 Å². The summed E-state index contributed by atoms with van der Waals surface area (Å²) in [6, 6.07) is 11.9. The van der Waals surface area contributed by atoms with Crippen LogP contribution in [0.25, 0.3) is 21.8 Å². The average Bonchev–Trinajstić information content (AvgIpc) is 3.32. The minimum Gasteiger partial charge on any atom is -0.497 e. The highest BCUT2D eigenvalue weighted by molar-refractivity contribution is 7.15. The van der Waals surface area contributed by atoms with Crippen molar-refractivity contribution in [2.24, 2.45) is 0 Å². The van der Waals surface area contributed by atoms with Gasteiger partial charge in [-0.2, -0.15) is 0 Å². The first-order valence-corrected chi connectivity index (χ1v) is 12.2. The molecule has 0 spiro atoms. The molecule has 0 aliphatic rings. The fourth-order valence-corrected chi connectivity index (χ4v) is 4.68. The maximum absolute atomic E-state index is 14.3. The van der Waals surface area contributed by atoms with Crippen LogP contribution in [0.3, 0.4) is 0 Å². The summed E-state index contributed by atoms with van der Waals surface area (Å²) in [6.45, 7) is 1.94. The van der Waals surface area contributed by atoms with Gasteiger partial charge in [0.05, 0.1) is 42.1 Å². The van der Waals surface area contributed by atoms with Crippen LogP contribution in [0.5, 0.6) is 17.2 Å². The van der Waals surface area contributed by atoms with E-state index in [1.165, 1.54) is 12.1 Å². The molecule has 4 aromatic rings. The van der Waals surface area contributed by atoms with Crippen molar-refractivity contribution in [3.63, 3.8) is 0 Å². The number of hydrogen-bond donors (Lipinski definition) is 2. The monoisotopic (exact) mass is 510 g/mol. The van der Waals surface area contributed by atoms with Crippen molar-refractivity contribution in [3.05, 3.63) is 59.5 Å². The van der Waals surface area contributed by atoms with Crippen molar-refractivity contribution < 1.29 is 23.7 Å². The van der Waals surface area contributed by atoms with E-state index in [1.54, 1.807) is 37.8 Å². The van der Waals surface area contributed by atoms with Crippen LogP contribution in [0.15, 0.2) is 48.7 Å². The quantitative estimate of drug-likeness (QED) is 0.273. The van der Waals surface area contributed by atoms with Crippen LogP contribution < -0.4 is 19.5 Å². The molecule has 0 aliphatic heterocycles. The molecule has 0 fully saturated rings. The largest absolute Gasteiger partial charge is 0.497 e. The van der Waals surface area contributed by atoms with Crippen LogP contribution in [-0.2, 0) is 6.42 Å². The van der Waals surface area contributed by atoms with Gasteiger partial charge < -0.3 is 24.6 Å². The van der Waals surface area contributed by atoms with Crippen LogP contribution in [-0.4, -0.2) is 47.5 Å². The summed E-state index contributed by atoms with van der Waals surface area (Å²) in [4.78, 5) is 14.8. The molecule has 0 aliphatic carbocycles. The number of aryl methyl sites for hydroxylation is 1. The van der Waals surface area contributed by atoms with Crippen LogP contribution in [0.4, 0.5) is 16.0 Å². The lowest BCUT2D eigenvalue weighted by molar-refractivity contribution is 0.196. The molecular weight excluding hydrogens is 483 g/mol. The van der Waals surface area contributed by atoms with E-state index in [9.17, 15) is 4.39 Å². The highest BCUT2D eigenvalue weighted by Crippen LogP contribution is 2.39. The number of aliphatic hydroxyl groups is 1. The Morgan fingerprint density at radius 1 is 1.03 bits per heavy atom. The Balaban J connectivity index is 1.69. The third-order valence-electron chi connectivity index (χ3n) is 5.19. The number of rotatable bonds is 11. The van der Waals surface area contributed by atoms with Gasteiger partial charge >= 0.3 is 0 Å². The fraction of sp³-hybridized carbons (Fsp3) is 0.269. The van der Waals surface area contributed by atoms with Crippen molar-refractivity contribution >= 4 is 23.0 Å². The van der Waals surface area contributed by atoms with E-state index >= 15 is 0 Å². The number of thiazole rings is 1. The second-order valence-electron chi connectivity index (χ2n) is 7.74. The van der Waals surface area contributed by atoms with Crippen LogP contribution >= 0.6 is 11.3 Å². The molecule has 10 heteroatoms. The van der Waals surface area contributed by atoms with Gasteiger partial charge in [-0.25, -0.2) is 19.3 Å². The molecule has 36 heavy (non-hydrogen) atoms. The van der Waals surface area contributed by atoms with Gasteiger partial charge in [0.15, 0.2) is 11.6 Å². The molecule has 2 N–H and O–H groups in total. The highest BCUT2D eigenvalue weighted by atomic mass is 32.1. The number of halogens is 1. The van der Waals surface area contributed by atoms with Gasteiger partial charge in [-0.1, -0.05) is 6.92 Å². The fourth-order valence-electron chi connectivity index (χ4n) is 3.52. The average molecular weight is 511 g/mol. The molecule has 2 aromatic heterocycles. The van der Waals surface area contributed by atoms with Gasteiger partial charge in [-0.3, -0.25) is 0 Å². The summed E-state index contributed by atoms with van der Waals surface area (Å²) in [5, 5.41) is 12.9. The molecule has 0 saturated carbocycles. The summed E-state index contributed by atoms with van der Waals surface area (Å²) in [5.41, 5.74) is 2.79. The first-order chi connectivity index (χ1) is 17.5. The maximum Gasteiger partial charge on any atom is 0.227 e. The summed E-state index contributed by atoms with van der Waals surface area (Å²) in [6.07, 6.45) is 3.46. The molecule has 0 amide bonds. The minimum atomic E-state index is -0.550. The molecule has 0 saturated heterocycles. The maximum atomic E-state index is 14.3. The Morgan fingerprint density at radius 3 is 2.47 bits per heavy atom. The van der Waals surface area contributed by atoms with E-state index in [2.05, 4.69) is 22.2 Å². The smallest absolute Gasteiger partial charge is 0.227 e. The second kappa shape index (κ2) is 11.8. The number of benzene rings is 2. The number of hydrogen-bond acceptors (Lipinski definition) is 9. The van der Waals surface area contributed by atoms with Crippen LogP contribution in [0.1, 0.15) is 18.4 Å². The molecule has 0 atom stereocenters. The number of anilines is 2. The van der Waals surface area contributed by atoms with E-state index in [4.69, 9.17) is 24.3 Å². The highest BCUT2D eigenvalue weighted by Gasteiger charge is 2.18. The van der Waals surface area contributed by atoms with Gasteiger partial charge in [0.25, 0.3) is 0 Å². The van der Waals surface area contributed by atoms with E-state index in [0.717, 1.165) is 34.0 Å². The molecule has 0 unspecified atom stereocenters. The van der Waals surface area contributed by atoms with E-state index in [1.807, 2.05) is 24.3 Å². The van der Waals surface area contributed by atoms with E-state index in [0.29, 0.717) is 28.8 Å². The minimum absolute atomic E-state index is 0.0191. The van der Waals surface area contributed by atoms with E-state index in [-0.39, 0.29) is 19.0 Å². The van der Waals surface area contributed by atoms with Gasteiger partial charge in [0, 0.05) is 29.6 Å². The summed E-state index contributed by atoms with van der Waals surface area (Å²) in [5.74, 6) is 1.16. The molecular formula is C26H27FN4O4S. The predicted octanol–water partition coefficient (Wildman–Crippen LogP) is 5.49. The lowest BCUT2D eigenvalue weighted by Gasteiger charge is -2.10. The lowest BCUT2D eigenvalue weighted by atomic mass is 10.1. The molecule has 188 valence electrons. The van der Waals surface area contributed by atoms with Gasteiger partial charge in [0.1, 0.15) is 18.1 Å². The third-order valence-corrected chi connectivity index (χ3v) is 6.32. The molecule has 2 aromatic carbocycles. The second-order valence-corrected chi connectivity index (χ2v) is 8.83. The molecule has 2 heterocycles. The number of aliphatic hydroxyl groups excluding tert-OH is 1. The SMILES string of the molecule is CCCc1nc(-c2cc(OC)cc(OC)c2)c(-c2ccnc(Nc3ccc(OCCO)c(F)c3)n2)s1. The standard InChI is InChI=1S/C26H27FN4O4S/c1-4-5-23-31-24(16-12-18(33-2)15-19(13-16)34-3)25(36-23)21-8-9-28-26(30-21)29-17-6-7-22(20(27)14-17)35-11-10-32/h6-9,12-15,32H,4-5,10-11H2,1-3H3,(H,28,29,30). The van der Waals surface area contributed by atoms with Crippen LogP contribution in [0, 0.1) is 5.82 Å². The Hall–Kier alpha value is -3.76. The topological polar surface area (TPSA) is 98.6 Å². The normalized spacial score (nSPS) is 10.8. The third kappa shape index (κ3) is 5.89. The molecule has 4 rings (SSSR count). The van der Waals surface area contributed by atoms with Crippen molar-refractivity contribution in [2.75, 3.05) is 32.8 Å². The van der Waals surface area contributed by atoms with Crippen molar-refractivity contribution in [3.8, 4) is 39.1 Å². The van der Waals surface area contributed by atoms with Crippen molar-refractivity contribution in [1.29, 1.82) is 0 Å². The van der Waals surface area contributed by atoms with E-state index < -0.39 is 5.82 Å². The number of ether oxygens (including phenoxy) is 3.